The summed E-state index contributed by atoms with van der Waals surface area (Å²) in [5.41, 5.74) is 1.55. The minimum Gasteiger partial charge on any atom is -0.493 e. The molecule has 1 amide bonds. The Balaban J connectivity index is 2.02. The smallest absolute Gasteiger partial charge is 0.295 e. The topological polar surface area (TPSA) is 84.3 Å². The Bertz CT molecular complexity index is 900. The number of fused-ring (bicyclic) bond motifs is 1. The first-order chi connectivity index (χ1) is 11.6. The molecule has 0 unspecified atom stereocenters. The minimum atomic E-state index is -0.480. The fourth-order valence-electron chi connectivity index (χ4n) is 2.49. The Hall–Kier alpha value is -3.06. The van der Waals surface area contributed by atoms with E-state index < -0.39 is 5.91 Å². The van der Waals surface area contributed by atoms with Crippen LogP contribution in [0.2, 0.25) is 0 Å². The molecule has 3 rings (SSSR count). The normalized spacial score (nSPS) is 11.6. The Labute approximate surface area is 138 Å². The van der Waals surface area contributed by atoms with Crippen molar-refractivity contribution < 1.29 is 14.8 Å². The largest absolute Gasteiger partial charge is 0.493 e. The number of hydrogen-bond acceptors (Lipinski definition) is 4. The van der Waals surface area contributed by atoms with Crippen molar-refractivity contribution in [3.63, 3.8) is 0 Å². The predicted octanol–water partition coefficient (Wildman–Crippen LogP) is 1.77. The molecule has 0 fully saturated rings. The van der Waals surface area contributed by atoms with E-state index in [-0.39, 0.29) is 5.88 Å². The SMILES string of the molecule is C[NH+](C)Cn1c(O)c(N=NC(=O)c2ccncc2)c2ccccc21. The van der Waals surface area contributed by atoms with Gasteiger partial charge in [0.15, 0.2) is 12.4 Å². The quantitative estimate of drug-likeness (QED) is 0.717. The number of benzene rings is 1. The van der Waals surface area contributed by atoms with Gasteiger partial charge in [-0.2, -0.15) is 0 Å². The number of rotatable bonds is 4. The van der Waals surface area contributed by atoms with E-state index in [0.717, 1.165) is 15.8 Å². The van der Waals surface area contributed by atoms with Crippen molar-refractivity contribution >= 4 is 22.5 Å². The predicted molar refractivity (Wildman–Crippen MR) is 89.5 cm³/mol. The molecule has 0 atom stereocenters. The van der Waals surface area contributed by atoms with Gasteiger partial charge in [0.2, 0.25) is 5.88 Å². The molecule has 0 bridgehead atoms. The number of carbonyl (C=O) groups excluding carboxylic acids is 1. The molecule has 0 aliphatic carbocycles. The summed E-state index contributed by atoms with van der Waals surface area (Å²) in [5, 5.41) is 19.0. The molecule has 1 aromatic carbocycles. The molecule has 2 heterocycles. The van der Waals surface area contributed by atoms with E-state index in [0.29, 0.717) is 17.9 Å². The first kappa shape index (κ1) is 15.8. The summed E-state index contributed by atoms with van der Waals surface area (Å²) in [7, 11) is 3.98. The fourth-order valence-corrected chi connectivity index (χ4v) is 2.49. The van der Waals surface area contributed by atoms with Gasteiger partial charge in [-0.3, -0.25) is 14.3 Å². The number of aromatic hydroxyl groups is 1. The maximum atomic E-state index is 12.1. The highest BCUT2D eigenvalue weighted by molar-refractivity contribution is 5.97. The second kappa shape index (κ2) is 6.59. The van der Waals surface area contributed by atoms with Gasteiger partial charge in [-0.05, 0) is 18.2 Å². The van der Waals surface area contributed by atoms with Crippen molar-refractivity contribution in [3.8, 4) is 5.88 Å². The summed E-state index contributed by atoms with van der Waals surface area (Å²) in [6, 6.07) is 10.6. The van der Waals surface area contributed by atoms with E-state index in [1.165, 1.54) is 12.4 Å². The summed E-state index contributed by atoms with van der Waals surface area (Å²) in [5.74, 6) is -0.476. The van der Waals surface area contributed by atoms with Crippen molar-refractivity contribution in [2.75, 3.05) is 14.1 Å². The third kappa shape index (κ3) is 3.02. The van der Waals surface area contributed by atoms with Crippen LogP contribution in [0.1, 0.15) is 10.4 Å². The maximum Gasteiger partial charge on any atom is 0.295 e. The Morgan fingerprint density at radius 2 is 1.92 bits per heavy atom. The van der Waals surface area contributed by atoms with Crippen LogP contribution in [0.25, 0.3) is 10.9 Å². The van der Waals surface area contributed by atoms with E-state index in [9.17, 15) is 9.90 Å². The van der Waals surface area contributed by atoms with Gasteiger partial charge < -0.3 is 10.0 Å². The molecule has 3 aromatic rings. The summed E-state index contributed by atoms with van der Waals surface area (Å²) in [6.45, 7) is 0.570. The molecule has 0 saturated heterocycles. The molecule has 24 heavy (non-hydrogen) atoms. The zero-order valence-corrected chi connectivity index (χ0v) is 13.5. The molecule has 2 aromatic heterocycles. The van der Waals surface area contributed by atoms with E-state index in [1.54, 1.807) is 16.7 Å². The first-order valence-corrected chi connectivity index (χ1v) is 7.53. The molecular weight excluding hydrogens is 306 g/mol. The van der Waals surface area contributed by atoms with Crippen LogP contribution in [0.4, 0.5) is 5.69 Å². The van der Waals surface area contributed by atoms with E-state index in [1.807, 2.05) is 38.4 Å². The summed E-state index contributed by atoms with van der Waals surface area (Å²) in [6.07, 6.45) is 3.04. The highest BCUT2D eigenvalue weighted by atomic mass is 16.3. The lowest BCUT2D eigenvalue weighted by Crippen LogP contribution is -3.04. The monoisotopic (exact) mass is 324 g/mol. The summed E-state index contributed by atoms with van der Waals surface area (Å²) >= 11 is 0. The van der Waals surface area contributed by atoms with Gasteiger partial charge in [-0.1, -0.05) is 18.2 Å². The van der Waals surface area contributed by atoms with Crippen molar-refractivity contribution in [1.82, 2.24) is 9.55 Å². The van der Waals surface area contributed by atoms with Crippen molar-refractivity contribution in [2.45, 2.75) is 6.67 Å². The van der Waals surface area contributed by atoms with Crippen LogP contribution in [0, 0.1) is 0 Å². The molecule has 0 aliphatic rings. The standard InChI is InChI=1S/C17H17N5O2/c1-21(2)11-22-14-6-4-3-5-13(14)15(17(22)24)19-20-16(23)12-7-9-18-10-8-12/h3-10,24H,11H2,1-2H3/p+1. The van der Waals surface area contributed by atoms with Crippen molar-refractivity contribution in [3.05, 3.63) is 54.4 Å². The summed E-state index contributed by atoms with van der Waals surface area (Å²) < 4.78 is 1.76. The fraction of sp³-hybridized carbons (Fsp3) is 0.176. The number of nitrogens with one attached hydrogen (secondary N) is 1. The number of hydrogen-bond donors (Lipinski definition) is 2. The maximum absolute atomic E-state index is 12.1. The first-order valence-electron chi connectivity index (χ1n) is 7.53. The lowest BCUT2D eigenvalue weighted by molar-refractivity contribution is -0.882. The molecule has 0 radical (unpaired) electrons. The zero-order valence-electron chi connectivity index (χ0n) is 13.5. The zero-order chi connectivity index (χ0) is 17.1. The van der Waals surface area contributed by atoms with E-state index in [2.05, 4.69) is 15.2 Å². The second-order valence-corrected chi connectivity index (χ2v) is 5.72. The minimum absolute atomic E-state index is 0.00341. The molecule has 0 aliphatic heterocycles. The van der Waals surface area contributed by atoms with E-state index in [4.69, 9.17) is 0 Å². The highest BCUT2D eigenvalue weighted by Gasteiger charge is 2.18. The van der Waals surface area contributed by atoms with Gasteiger partial charge in [0, 0.05) is 23.3 Å². The summed E-state index contributed by atoms with van der Waals surface area (Å²) in [4.78, 5) is 17.1. The number of pyridine rings is 1. The number of nitrogens with zero attached hydrogens (tertiary/aromatic N) is 4. The van der Waals surface area contributed by atoms with Gasteiger partial charge in [-0.15, -0.1) is 10.2 Å². The van der Waals surface area contributed by atoms with Crippen LogP contribution in [0.5, 0.6) is 5.88 Å². The average molecular weight is 324 g/mol. The van der Waals surface area contributed by atoms with E-state index >= 15 is 0 Å². The molecule has 0 saturated carbocycles. The number of amides is 1. The van der Waals surface area contributed by atoms with Gasteiger partial charge >= 0.3 is 0 Å². The number of aromatic nitrogens is 2. The van der Waals surface area contributed by atoms with Gasteiger partial charge in [0.25, 0.3) is 5.91 Å². The number of quaternary nitrogens is 1. The molecule has 7 nitrogen and oxygen atoms in total. The Morgan fingerprint density at radius 3 is 2.62 bits per heavy atom. The number of carbonyl (C=O) groups is 1. The average Bonchev–Trinajstić information content (AvgIpc) is 2.85. The van der Waals surface area contributed by atoms with Crippen LogP contribution in [-0.4, -0.2) is 34.7 Å². The lowest BCUT2D eigenvalue weighted by Gasteiger charge is -2.10. The van der Waals surface area contributed by atoms with Crippen LogP contribution >= 0.6 is 0 Å². The number of para-hydroxylation sites is 1. The van der Waals surface area contributed by atoms with Gasteiger partial charge in [0.05, 0.1) is 19.6 Å². The molecule has 2 N–H and O–H groups in total. The van der Waals surface area contributed by atoms with Crippen molar-refractivity contribution in [2.24, 2.45) is 10.2 Å². The Kier molecular flexibility index (Phi) is 4.35. The third-order valence-electron chi connectivity index (χ3n) is 3.56. The molecular formula is C17H18N5O2+. The van der Waals surface area contributed by atoms with Gasteiger partial charge in [-0.25, -0.2) is 0 Å². The third-order valence-corrected chi connectivity index (χ3v) is 3.56. The van der Waals surface area contributed by atoms with Crippen LogP contribution in [0.3, 0.4) is 0 Å². The lowest BCUT2D eigenvalue weighted by atomic mass is 10.2. The van der Waals surface area contributed by atoms with Crippen LogP contribution in [-0.2, 0) is 6.67 Å². The highest BCUT2D eigenvalue weighted by Crippen LogP contribution is 2.38. The molecule has 7 heteroatoms. The van der Waals surface area contributed by atoms with Gasteiger partial charge in [0.1, 0.15) is 0 Å². The molecule has 122 valence electrons. The van der Waals surface area contributed by atoms with Crippen LogP contribution in [0.15, 0.2) is 59.0 Å². The van der Waals surface area contributed by atoms with Crippen LogP contribution < -0.4 is 4.90 Å². The number of azo groups is 1. The second-order valence-electron chi connectivity index (χ2n) is 5.72. The molecule has 0 spiro atoms. The Morgan fingerprint density at radius 1 is 1.21 bits per heavy atom. The van der Waals surface area contributed by atoms with Crippen molar-refractivity contribution in [1.29, 1.82) is 0 Å².